The molecule has 0 aliphatic carbocycles. The number of aromatic nitrogens is 3. The molecule has 128 valence electrons. The van der Waals surface area contributed by atoms with E-state index < -0.39 is 0 Å². The van der Waals surface area contributed by atoms with Gasteiger partial charge in [0.05, 0.1) is 6.61 Å². The maximum Gasteiger partial charge on any atom is 0.270 e. The van der Waals surface area contributed by atoms with Crippen LogP contribution in [-0.2, 0) is 6.54 Å². The van der Waals surface area contributed by atoms with Crippen LogP contribution in [0.5, 0.6) is 5.88 Å². The first-order valence-corrected chi connectivity index (χ1v) is 8.32. The normalized spacial score (nSPS) is 10.4. The minimum atomic E-state index is -0.234. The van der Waals surface area contributed by atoms with E-state index in [2.05, 4.69) is 15.3 Å². The summed E-state index contributed by atoms with van der Waals surface area (Å²) in [5.74, 6) is 0.293. The van der Waals surface area contributed by atoms with Crippen molar-refractivity contribution < 1.29 is 9.53 Å². The summed E-state index contributed by atoms with van der Waals surface area (Å²) in [5.41, 5.74) is 2.09. The smallest absolute Gasteiger partial charge is 0.270 e. The quantitative estimate of drug-likeness (QED) is 0.667. The number of H-pyrrole nitrogens is 1. The lowest BCUT2D eigenvalue weighted by Gasteiger charge is -2.11. The fraction of sp³-hybridized carbons (Fsp3) is 0.167. The van der Waals surface area contributed by atoms with Crippen molar-refractivity contribution in [2.24, 2.45) is 0 Å². The molecule has 3 rings (SSSR count). The van der Waals surface area contributed by atoms with Crippen LogP contribution >= 0.6 is 12.2 Å². The monoisotopic (exact) mass is 354 g/mol. The van der Waals surface area contributed by atoms with Crippen LogP contribution in [0.4, 0.5) is 0 Å². The Morgan fingerprint density at radius 3 is 2.84 bits per heavy atom. The van der Waals surface area contributed by atoms with E-state index in [0.29, 0.717) is 29.5 Å². The minimum absolute atomic E-state index is 0.234. The standard InChI is InChI=1S/C18H18N4O2S/c1-2-24-17-13(7-6-10-19-17)11-20-16(23)15-12-21-18(25)22(15)14-8-4-3-5-9-14/h3-10,12H,2,11H2,1H3,(H,20,23)(H,21,25). The second kappa shape index (κ2) is 7.76. The maximum atomic E-state index is 12.6. The molecule has 0 aliphatic rings. The number of rotatable bonds is 6. The molecule has 0 fully saturated rings. The highest BCUT2D eigenvalue weighted by Crippen LogP contribution is 2.15. The Morgan fingerprint density at radius 2 is 2.08 bits per heavy atom. The van der Waals surface area contributed by atoms with Gasteiger partial charge in [-0.05, 0) is 37.3 Å². The summed E-state index contributed by atoms with van der Waals surface area (Å²) >= 11 is 5.30. The third-order valence-electron chi connectivity index (χ3n) is 3.59. The second-order valence-electron chi connectivity index (χ2n) is 5.23. The topological polar surface area (TPSA) is 71.9 Å². The van der Waals surface area contributed by atoms with E-state index in [0.717, 1.165) is 11.3 Å². The molecule has 0 atom stereocenters. The van der Waals surface area contributed by atoms with Crippen molar-refractivity contribution >= 4 is 18.1 Å². The number of nitrogens with zero attached hydrogens (tertiary/aromatic N) is 2. The van der Waals surface area contributed by atoms with Gasteiger partial charge in [0.1, 0.15) is 5.69 Å². The van der Waals surface area contributed by atoms with Crippen LogP contribution in [0.2, 0.25) is 0 Å². The largest absolute Gasteiger partial charge is 0.478 e. The molecular weight excluding hydrogens is 336 g/mol. The van der Waals surface area contributed by atoms with Crippen molar-refractivity contribution in [3.63, 3.8) is 0 Å². The van der Waals surface area contributed by atoms with Crippen molar-refractivity contribution in [3.8, 4) is 11.6 Å². The minimum Gasteiger partial charge on any atom is -0.478 e. The van der Waals surface area contributed by atoms with Gasteiger partial charge in [0.2, 0.25) is 5.88 Å². The van der Waals surface area contributed by atoms with Crippen molar-refractivity contribution in [1.29, 1.82) is 0 Å². The van der Waals surface area contributed by atoms with E-state index >= 15 is 0 Å². The van der Waals surface area contributed by atoms with Gasteiger partial charge in [0.15, 0.2) is 4.77 Å². The molecule has 0 spiro atoms. The number of hydrogen-bond acceptors (Lipinski definition) is 4. The molecule has 2 heterocycles. The van der Waals surface area contributed by atoms with Crippen LogP contribution in [0.1, 0.15) is 23.0 Å². The zero-order valence-electron chi connectivity index (χ0n) is 13.7. The third-order valence-corrected chi connectivity index (χ3v) is 3.89. The summed E-state index contributed by atoms with van der Waals surface area (Å²) in [6, 6.07) is 13.2. The first-order chi connectivity index (χ1) is 12.2. The predicted molar refractivity (Wildman–Crippen MR) is 97.5 cm³/mol. The molecule has 1 amide bonds. The summed E-state index contributed by atoms with van der Waals surface area (Å²) < 4.78 is 7.65. The van der Waals surface area contributed by atoms with Crippen LogP contribution < -0.4 is 10.1 Å². The number of amides is 1. The molecule has 25 heavy (non-hydrogen) atoms. The van der Waals surface area contributed by atoms with Gasteiger partial charge in [-0.1, -0.05) is 24.3 Å². The number of nitrogens with one attached hydrogen (secondary N) is 2. The van der Waals surface area contributed by atoms with E-state index in [9.17, 15) is 4.79 Å². The zero-order chi connectivity index (χ0) is 17.6. The van der Waals surface area contributed by atoms with Gasteiger partial charge >= 0.3 is 0 Å². The van der Waals surface area contributed by atoms with Gasteiger partial charge in [-0.25, -0.2) is 4.98 Å². The second-order valence-corrected chi connectivity index (χ2v) is 5.62. The zero-order valence-corrected chi connectivity index (χ0v) is 14.5. The number of aromatic amines is 1. The van der Waals surface area contributed by atoms with Crippen LogP contribution in [0.25, 0.3) is 5.69 Å². The number of carbonyl (C=O) groups is 1. The Hall–Kier alpha value is -2.93. The number of ether oxygens (including phenoxy) is 1. The van der Waals surface area contributed by atoms with Crippen LogP contribution in [0.15, 0.2) is 54.9 Å². The van der Waals surface area contributed by atoms with Crippen molar-refractivity contribution in [2.45, 2.75) is 13.5 Å². The van der Waals surface area contributed by atoms with E-state index in [1.165, 1.54) is 0 Å². The molecular formula is C18H18N4O2S. The molecule has 1 aromatic carbocycles. The summed E-state index contributed by atoms with van der Waals surface area (Å²) in [6.07, 6.45) is 3.27. The number of hydrogen-bond donors (Lipinski definition) is 2. The van der Waals surface area contributed by atoms with Crippen molar-refractivity contribution in [2.75, 3.05) is 6.61 Å². The first-order valence-electron chi connectivity index (χ1n) is 7.91. The Balaban J connectivity index is 1.81. The van der Waals surface area contributed by atoms with E-state index in [1.54, 1.807) is 17.0 Å². The fourth-order valence-corrected chi connectivity index (χ4v) is 2.72. The molecule has 3 aromatic rings. The molecule has 0 unspecified atom stereocenters. The summed E-state index contributed by atoms with van der Waals surface area (Å²) in [6.45, 7) is 2.72. The van der Waals surface area contributed by atoms with Crippen molar-refractivity contribution in [1.82, 2.24) is 19.9 Å². The first kappa shape index (κ1) is 16.9. The SMILES string of the molecule is CCOc1ncccc1CNC(=O)c1c[nH]c(=S)n1-c1ccccc1. The highest BCUT2D eigenvalue weighted by Gasteiger charge is 2.15. The molecule has 0 saturated carbocycles. The molecule has 0 saturated heterocycles. The number of para-hydroxylation sites is 1. The number of imidazole rings is 1. The fourth-order valence-electron chi connectivity index (χ4n) is 2.46. The summed E-state index contributed by atoms with van der Waals surface area (Å²) in [4.78, 5) is 19.7. The molecule has 0 radical (unpaired) electrons. The predicted octanol–water partition coefficient (Wildman–Crippen LogP) is 3.26. The van der Waals surface area contributed by atoms with Gasteiger partial charge in [-0.2, -0.15) is 0 Å². The van der Waals surface area contributed by atoms with Gasteiger partial charge in [0, 0.05) is 30.2 Å². The van der Waals surface area contributed by atoms with Gasteiger partial charge in [0.25, 0.3) is 5.91 Å². The van der Waals surface area contributed by atoms with Gasteiger partial charge in [-0.15, -0.1) is 0 Å². The van der Waals surface area contributed by atoms with Gasteiger partial charge < -0.3 is 15.0 Å². The highest BCUT2D eigenvalue weighted by atomic mass is 32.1. The average molecular weight is 354 g/mol. The van der Waals surface area contributed by atoms with E-state index in [-0.39, 0.29) is 5.91 Å². The molecule has 2 aromatic heterocycles. The third kappa shape index (κ3) is 3.77. The van der Waals surface area contributed by atoms with E-state index in [4.69, 9.17) is 17.0 Å². The molecule has 2 N–H and O–H groups in total. The number of pyridine rings is 1. The Bertz CT molecular complexity index is 918. The highest BCUT2D eigenvalue weighted by molar-refractivity contribution is 7.71. The molecule has 0 aliphatic heterocycles. The average Bonchev–Trinajstić information content (AvgIpc) is 3.03. The molecule has 6 nitrogen and oxygen atoms in total. The van der Waals surface area contributed by atoms with Gasteiger partial charge in [-0.3, -0.25) is 9.36 Å². The summed E-state index contributed by atoms with van der Waals surface area (Å²) in [7, 11) is 0. The lowest BCUT2D eigenvalue weighted by Crippen LogP contribution is -2.25. The van der Waals surface area contributed by atoms with Crippen LogP contribution in [-0.4, -0.2) is 27.0 Å². The lowest BCUT2D eigenvalue weighted by molar-refractivity contribution is 0.0943. The van der Waals surface area contributed by atoms with Crippen molar-refractivity contribution in [3.05, 3.63) is 70.9 Å². The Labute approximate surface area is 150 Å². The van der Waals surface area contributed by atoms with Crippen LogP contribution in [0.3, 0.4) is 0 Å². The number of carbonyl (C=O) groups excluding carboxylic acids is 1. The lowest BCUT2D eigenvalue weighted by atomic mass is 10.2. The Kier molecular flexibility index (Phi) is 5.25. The molecule has 0 bridgehead atoms. The number of benzene rings is 1. The maximum absolute atomic E-state index is 12.6. The Morgan fingerprint density at radius 1 is 1.28 bits per heavy atom. The van der Waals surface area contributed by atoms with E-state index in [1.807, 2.05) is 49.4 Å². The summed E-state index contributed by atoms with van der Waals surface area (Å²) in [5, 5.41) is 2.89. The van der Waals surface area contributed by atoms with Crippen LogP contribution in [0, 0.1) is 4.77 Å². The molecule has 7 heteroatoms.